The number of aryl methyl sites for hydroxylation is 1. The monoisotopic (exact) mass is 413 g/mol. The topological polar surface area (TPSA) is 90.9 Å². The highest BCUT2D eigenvalue weighted by molar-refractivity contribution is 5.99. The number of carbonyl (C=O) groups excluding carboxylic acids is 3. The molecule has 7 heteroatoms. The maximum absolute atomic E-state index is 12.3. The molecule has 0 aromatic heterocycles. The Bertz CT molecular complexity index is 876. The maximum atomic E-state index is 12.3. The Balaban J connectivity index is 1.85. The fraction of sp³-hybridized carbons (Fsp3) is 0.348. The third kappa shape index (κ3) is 6.62. The minimum absolute atomic E-state index is 0.301. The third-order valence-electron chi connectivity index (χ3n) is 4.25. The average Bonchev–Trinajstić information content (AvgIpc) is 2.77. The Labute approximate surface area is 176 Å². The van der Waals surface area contributed by atoms with E-state index in [0.29, 0.717) is 35.8 Å². The van der Waals surface area contributed by atoms with E-state index in [1.807, 2.05) is 32.9 Å². The van der Waals surface area contributed by atoms with Crippen molar-refractivity contribution in [3.63, 3.8) is 0 Å². The largest absolute Gasteiger partial charge is 0.490 e. The van der Waals surface area contributed by atoms with Crippen LogP contribution in [-0.2, 0) is 16.0 Å². The van der Waals surface area contributed by atoms with Gasteiger partial charge in [0, 0.05) is 11.1 Å². The van der Waals surface area contributed by atoms with Crippen LogP contribution in [0.25, 0.3) is 0 Å². The molecule has 0 heterocycles. The maximum Gasteiger partial charge on any atom is 0.325 e. The molecular formula is C23H27NO6. The Kier molecular flexibility index (Phi) is 8.87. The van der Waals surface area contributed by atoms with Crippen molar-refractivity contribution in [3.05, 3.63) is 59.2 Å². The summed E-state index contributed by atoms with van der Waals surface area (Å²) < 4.78 is 15.9. The molecule has 1 N–H and O–H groups in total. The second-order valence-electron chi connectivity index (χ2n) is 6.34. The Morgan fingerprint density at radius 2 is 1.47 bits per heavy atom. The van der Waals surface area contributed by atoms with Crippen LogP contribution in [-0.4, -0.2) is 44.0 Å². The summed E-state index contributed by atoms with van der Waals surface area (Å²) in [6.07, 6.45) is 0.879. The van der Waals surface area contributed by atoms with Crippen molar-refractivity contribution in [1.82, 2.24) is 5.32 Å². The number of amides is 1. The van der Waals surface area contributed by atoms with Crippen LogP contribution in [0.3, 0.4) is 0 Å². The van der Waals surface area contributed by atoms with E-state index in [1.54, 1.807) is 30.3 Å². The van der Waals surface area contributed by atoms with E-state index in [9.17, 15) is 14.4 Å². The summed E-state index contributed by atoms with van der Waals surface area (Å²) in [4.78, 5) is 36.3. The molecule has 0 fully saturated rings. The fourth-order valence-electron chi connectivity index (χ4n) is 2.65. The molecule has 0 saturated heterocycles. The zero-order chi connectivity index (χ0) is 21.9. The van der Waals surface area contributed by atoms with Crippen molar-refractivity contribution in [2.45, 2.75) is 27.2 Å². The second-order valence-corrected chi connectivity index (χ2v) is 6.34. The lowest BCUT2D eigenvalue weighted by Crippen LogP contribution is -2.31. The smallest absolute Gasteiger partial charge is 0.325 e. The van der Waals surface area contributed by atoms with E-state index in [0.717, 1.165) is 12.0 Å². The van der Waals surface area contributed by atoms with Crippen LogP contribution in [0, 0.1) is 0 Å². The van der Waals surface area contributed by atoms with E-state index in [1.165, 1.54) is 0 Å². The summed E-state index contributed by atoms with van der Waals surface area (Å²) in [5, 5.41) is 2.48. The number of ether oxygens (including phenoxy) is 3. The summed E-state index contributed by atoms with van der Waals surface area (Å²) in [6, 6.07) is 11.9. The number of nitrogens with one attached hydrogen (secondary N) is 1. The predicted molar refractivity (Wildman–Crippen MR) is 112 cm³/mol. The standard InChI is InChI=1S/C23H27NO6/c1-4-16-7-9-17(10-8-16)19(25)15-30-22(26)14-24-23(27)18-11-12-20(28-5-2)21(13-18)29-6-3/h7-13H,4-6,14-15H2,1-3H3,(H,24,27). The number of hydrogen-bond acceptors (Lipinski definition) is 6. The summed E-state index contributed by atoms with van der Waals surface area (Å²) in [7, 11) is 0. The molecule has 0 aliphatic rings. The molecule has 160 valence electrons. The number of carbonyl (C=O) groups is 3. The zero-order valence-electron chi connectivity index (χ0n) is 17.5. The summed E-state index contributed by atoms with van der Waals surface area (Å²) in [6.45, 7) is 5.88. The lowest BCUT2D eigenvalue weighted by molar-refractivity contribution is -0.141. The molecule has 0 bridgehead atoms. The van der Waals surface area contributed by atoms with Crippen LogP contribution >= 0.6 is 0 Å². The quantitative estimate of drug-likeness (QED) is 0.449. The van der Waals surface area contributed by atoms with Crippen molar-refractivity contribution < 1.29 is 28.6 Å². The summed E-state index contributed by atoms with van der Waals surface area (Å²) >= 11 is 0. The molecule has 1 amide bonds. The van der Waals surface area contributed by atoms with Gasteiger partial charge in [0.15, 0.2) is 23.9 Å². The van der Waals surface area contributed by atoms with Gasteiger partial charge >= 0.3 is 5.97 Å². The first kappa shape index (κ1) is 22.9. The Morgan fingerprint density at radius 3 is 2.10 bits per heavy atom. The van der Waals surface area contributed by atoms with Gasteiger partial charge in [-0.3, -0.25) is 14.4 Å². The molecule has 2 rings (SSSR count). The van der Waals surface area contributed by atoms with Crippen molar-refractivity contribution in [2.24, 2.45) is 0 Å². The molecule has 0 aliphatic carbocycles. The lowest BCUT2D eigenvalue weighted by Gasteiger charge is -2.12. The normalized spacial score (nSPS) is 10.2. The average molecular weight is 413 g/mol. The molecule has 0 radical (unpaired) electrons. The molecule has 30 heavy (non-hydrogen) atoms. The van der Waals surface area contributed by atoms with E-state index in [-0.39, 0.29) is 18.9 Å². The van der Waals surface area contributed by atoms with Gasteiger partial charge in [-0.05, 0) is 44.0 Å². The molecule has 2 aromatic carbocycles. The molecular weight excluding hydrogens is 386 g/mol. The molecule has 7 nitrogen and oxygen atoms in total. The van der Waals surface area contributed by atoms with Crippen molar-refractivity contribution in [1.29, 1.82) is 0 Å². The van der Waals surface area contributed by atoms with E-state index < -0.39 is 11.9 Å². The van der Waals surface area contributed by atoms with Gasteiger partial charge in [0.25, 0.3) is 5.91 Å². The minimum atomic E-state index is -0.696. The number of benzene rings is 2. The van der Waals surface area contributed by atoms with Crippen molar-refractivity contribution >= 4 is 17.7 Å². The molecule has 0 unspecified atom stereocenters. The first-order valence-electron chi connectivity index (χ1n) is 9.94. The van der Waals surface area contributed by atoms with Crippen LogP contribution in [0.5, 0.6) is 11.5 Å². The van der Waals surface area contributed by atoms with Crippen LogP contribution in [0.4, 0.5) is 0 Å². The summed E-state index contributed by atoms with van der Waals surface area (Å²) in [5.41, 5.74) is 1.91. The van der Waals surface area contributed by atoms with Gasteiger partial charge in [-0.25, -0.2) is 0 Å². The van der Waals surface area contributed by atoms with E-state index >= 15 is 0 Å². The lowest BCUT2D eigenvalue weighted by atomic mass is 10.1. The van der Waals surface area contributed by atoms with Gasteiger partial charge in [-0.2, -0.15) is 0 Å². The number of hydrogen-bond donors (Lipinski definition) is 1. The predicted octanol–water partition coefficient (Wildman–Crippen LogP) is 3.20. The van der Waals surface area contributed by atoms with Crippen LogP contribution in [0.2, 0.25) is 0 Å². The van der Waals surface area contributed by atoms with Crippen LogP contribution in [0.1, 0.15) is 47.1 Å². The summed E-state index contributed by atoms with van der Waals surface area (Å²) in [5.74, 6) is -0.462. The van der Waals surface area contributed by atoms with Gasteiger partial charge in [0.05, 0.1) is 13.2 Å². The van der Waals surface area contributed by atoms with E-state index in [4.69, 9.17) is 14.2 Å². The Morgan fingerprint density at radius 1 is 0.833 bits per heavy atom. The van der Waals surface area contributed by atoms with Gasteiger partial charge in [0.2, 0.25) is 0 Å². The first-order chi connectivity index (χ1) is 14.5. The highest BCUT2D eigenvalue weighted by Crippen LogP contribution is 2.28. The van der Waals surface area contributed by atoms with Crippen LogP contribution in [0.15, 0.2) is 42.5 Å². The van der Waals surface area contributed by atoms with Gasteiger partial charge < -0.3 is 19.5 Å². The van der Waals surface area contributed by atoms with E-state index in [2.05, 4.69) is 5.32 Å². The van der Waals surface area contributed by atoms with Gasteiger partial charge in [0.1, 0.15) is 6.54 Å². The van der Waals surface area contributed by atoms with Crippen LogP contribution < -0.4 is 14.8 Å². The first-order valence-corrected chi connectivity index (χ1v) is 9.94. The second kappa shape index (κ2) is 11.6. The molecule has 0 spiro atoms. The van der Waals surface area contributed by atoms with Gasteiger partial charge in [-0.15, -0.1) is 0 Å². The fourth-order valence-corrected chi connectivity index (χ4v) is 2.65. The zero-order valence-corrected chi connectivity index (χ0v) is 17.5. The molecule has 2 aromatic rings. The molecule has 0 atom stereocenters. The van der Waals surface area contributed by atoms with Crippen molar-refractivity contribution in [3.8, 4) is 11.5 Å². The third-order valence-corrected chi connectivity index (χ3v) is 4.25. The number of Topliss-reactive ketones (excluding diaryl/α,β-unsaturated/α-hetero) is 1. The SMILES string of the molecule is CCOc1ccc(C(=O)NCC(=O)OCC(=O)c2ccc(CC)cc2)cc1OCC. The number of rotatable bonds is 11. The Hall–Kier alpha value is -3.35. The number of ketones is 1. The molecule has 0 aliphatic heterocycles. The molecule has 0 saturated carbocycles. The minimum Gasteiger partial charge on any atom is -0.490 e. The highest BCUT2D eigenvalue weighted by atomic mass is 16.5. The highest BCUT2D eigenvalue weighted by Gasteiger charge is 2.14. The van der Waals surface area contributed by atoms with Gasteiger partial charge in [-0.1, -0.05) is 31.2 Å². The number of esters is 1. The van der Waals surface area contributed by atoms with Crippen molar-refractivity contribution in [2.75, 3.05) is 26.4 Å².